The van der Waals surface area contributed by atoms with Crippen LogP contribution >= 0.6 is 0 Å². The van der Waals surface area contributed by atoms with Crippen molar-refractivity contribution in [3.63, 3.8) is 0 Å². The van der Waals surface area contributed by atoms with Crippen LogP contribution in [-0.4, -0.2) is 11.5 Å². The van der Waals surface area contributed by atoms with Gasteiger partial charge in [0.1, 0.15) is 0 Å². The standard InChI is InChI=1S/C2H4.CH2N2/c1-2;1-3-2/h1-2H2;1H2. The molecule has 28 valence electrons. The maximum atomic E-state index is 7.08. The van der Waals surface area contributed by atoms with Crippen LogP contribution in [0, 0.1) is 0 Å². The average molecular weight is 70.1 g/mol. The van der Waals surface area contributed by atoms with Gasteiger partial charge in [-0.1, -0.05) is 0 Å². The Balaban J connectivity index is 0. The van der Waals surface area contributed by atoms with Crippen molar-refractivity contribution < 1.29 is 4.79 Å². The molecule has 0 spiro atoms. The van der Waals surface area contributed by atoms with Gasteiger partial charge in [-0.2, -0.15) is 4.79 Å². The van der Waals surface area contributed by atoms with E-state index in [1.807, 2.05) is 0 Å². The summed E-state index contributed by atoms with van der Waals surface area (Å²) in [4.78, 5) is 2.25. The van der Waals surface area contributed by atoms with Gasteiger partial charge in [0, 0.05) is 0 Å². The highest BCUT2D eigenvalue weighted by atomic mass is 14.8. The molecule has 0 saturated carbocycles. The van der Waals surface area contributed by atoms with E-state index >= 15 is 0 Å². The Bertz CT molecular complexity index is 34.2. The Morgan fingerprint density at radius 2 is 1.40 bits per heavy atom. The molecule has 0 amide bonds. The quantitative estimate of drug-likeness (QED) is 0.174. The molecule has 0 saturated heterocycles. The van der Waals surface area contributed by atoms with Crippen molar-refractivity contribution in [3.8, 4) is 0 Å². The van der Waals surface area contributed by atoms with Crippen molar-refractivity contribution in [2.24, 2.45) is 0 Å². The number of hydrogen-bond acceptors (Lipinski definition) is 0. The first-order valence-corrected chi connectivity index (χ1v) is 1.02. The third-order valence-corrected chi connectivity index (χ3v) is 0. The minimum Gasteiger partial charge on any atom is -0.362 e. The van der Waals surface area contributed by atoms with Gasteiger partial charge in [-0.25, -0.2) is 0 Å². The maximum Gasteiger partial charge on any atom is 0.245 e. The van der Waals surface area contributed by atoms with E-state index in [2.05, 4.69) is 24.7 Å². The topological polar surface area (TPSA) is 36.4 Å². The third kappa shape index (κ3) is 5.05. The molecule has 0 aromatic rings. The van der Waals surface area contributed by atoms with E-state index in [0.29, 0.717) is 0 Å². The molecular formula is C3H6N2. The highest BCUT2D eigenvalue weighted by Crippen LogP contribution is 0.902. The summed E-state index contributed by atoms with van der Waals surface area (Å²) in [6.07, 6.45) is 0. The Morgan fingerprint density at radius 1 is 1.40 bits per heavy atom. The summed E-state index contributed by atoms with van der Waals surface area (Å²) >= 11 is 0. The van der Waals surface area contributed by atoms with Crippen molar-refractivity contribution in [2.45, 2.75) is 0 Å². The summed E-state index contributed by atoms with van der Waals surface area (Å²) < 4.78 is 0. The zero-order valence-corrected chi connectivity index (χ0v) is 3.02. The zero-order chi connectivity index (χ0) is 4.71. The van der Waals surface area contributed by atoms with Crippen LogP contribution in [0.2, 0.25) is 0 Å². The van der Waals surface area contributed by atoms with Gasteiger partial charge in [0.15, 0.2) is 0 Å². The highest BCUT2D eigenvalue weighted by Gasteiger charge is 0.932. The molecule has 0 N–H and O–H groups in total. The second kappa shape index (κ2) is 974. The summed E-state index contributed by atoms with van der Waals surface area (Å²) in [5.41, 5.74) is 7.08. The monoisotopic (exact) mass is 70.1 g/mol. The molecule has 2 nitrogen and oxygen atoms in total. The fourth-order valence-corrected chi connectivity index (χ4v) is 0. The van der Waals surface area contributed by atoms with E-state index in [1.54, 1.807) is 0 Å². The van der Waals surface area contributed by atoms with Crippen LogP contribution in [0.3, 0.4) is 0 Å². The fraction of sp³-hybridized carbons (Fsp3) is 0. The Kier molecular flexibility index (Phi) is 1740. The van der Waals surface area contributed by atoms with Crippen molar-refractivity contribution >= 4 is 6.72 Å². The van der Waals surface area contributed by atoms with Crippen molar-refractivity contribution in [3.05, 3.63) is 18.7 Å². The molecule has 0 unspecified atom stereocenters. The van der Waals surface area contributed by atoms with Crippen molar-refractivity contribution in [2.75, 3.05) is 0 Å². The maximum absolute atomic E-state index is 7.08. The number of nitrogens with zero attached hydrogens (tertiary/aromatic N) is 2. The van der Waals surface area contributed by atoms with Gasteiger partial charge in [0.05, 0.1) is 0 Å². The summed E-state index contributed by atoms with van der Waals surface area (Å²) in [5.74, 6) is 0. The minimum absolute atomic E-state index is 2.25. The fourth-order valence-electron chi connectivity index (χ4n) is 0. The van der Waals surface area contributed by atoms with Crippen molar-refractivity contribution in [1.29, 1.82) is 0 Å². The number of hydrogen-bond donors (Lipinski definition) is 0. The molecule has 2 heteroatoms. The Morgan fingerprint density at radius 3 is 1.40 bits per heavy atom. The highest BCUT2D eigenvalue weighted by molar-refractivity contribution is 5.12. The van der Waals surface area contributed by atoms with Crippen LogP contribution in [0.1, 0.15) is 0 Å². The number of rotatable bonds is 0. The predicted octanol–water partition coefficient (Wildman–Crippen LogP) is 0.719. The molecule has 0 aliphatic heterocycles. The zero-order valence-electron chi connectivity index (χ0n) is 3.02. The first-order chi connectivity index (χ1) is 2.41. The van der Waals surface area contributed by atoms with Gasteiger partial charge in [0.25, 0.3) is 0 Å². The van der Waals surface area contributed by atoms with Crippen LogP contribution < -0.4 is 0 Å². The third-order valence-electron chi connectivity index (χ3n) is 0. The lowest BCUT2D eigenvalue weighted by molar-refractivity contribution is 0.0110. The molecule has 0 radical (unpaired) electrons. The first kappa shape index (κ1) is 8.92. The van der Waals surface area contributed by atoms with Gasteiger partial charge in [-0.3, -0.25) is 0 Å². The lowest BCUT2D eigenvalue weighted by Gasteiger charge is -1.16. The van der Waals surface area contributed by atoms with Crippen LogP contribution in [0.25, 0.3) is 5.53 Å². The van der Waals surface area contributed by atoms with Crippen LogP contribution in [-0.2, 0) is 0 Å². The van der Waals surface area contributed by atoms with Gasteiger partial charge < -0.3 is 5.53 Å². The molecular weight excluding hydrogens is 64.0 g/mol. The van der Waals surface area contributed by atoms with Gasteiger partial charge in [-0.15, -0.1) is 13.2 Å². The second-order valence-corrected chi connectivity index (χ2v) is 0.141. The molecule has 0 bridgehead atoms. The van der Waals surface area contributed by atoms with Gasteiger partial charge in [0.2, 0.25) is 6.72 Å². The molecule has 0 rings (SSSR count). The Hall–Kier alpha value is -0.880. The first-order valence-electron chi connectivity index (χ1n) is 1.02. The molecule has 0 heterocycles. The van der Waals surface area contributed by atoms with Crippen LogP contribution in [0.15, 0.2) is 13.2 Å². The minimum atomic E-state index is 2.25. The van der Waals surface area contributed by atoms with E-state index in [0.717, 1.165) is 0 Å². The lowest BCUT2D eigenvalue weighted by atomic mass is 11.3. The van der Waals surface area contributed by atoms with Gasteiger partial charge in [-0.05, 0) is 0 Å². The van der Waals surface area contributed by atoms with E-state index in [9.17, 15) is 0 Å². The molecule has 5 heavy (non-hydrogen) atoms. The molecule has 0 aliphatic carbocycles. The summed E-state index contributed by atoms with van der Waals surface area (Å²) in [6.45, 7) is 8.67. The smallest absolute Gasteiger partial charge is 0.245 e. The van der Waals surface area contributed by atoms with E-state index in [4.69, 9.17) is 5.53 Å². The molecule has 0 aliphatic rings. The molecule has 0 aromatic heterocycles. The van der Waals surface area contributed by atoms with Crippen molar-refractivity contribution in [1.82, 2.24) is 0 Å². The summed E-state index contributed by atoms with van der Waals surface area (Å²) in [6, 6.07) is 0. The van der Waals surface area contributed by atoms with Crippen LogP contribution in [0.4, 0.5) is 0 Å². The Labute approximate surface area is 31.4 Å². The summed E-state index contributed by atoms with van der Waals surface area (Å²) in [7, 11) is 0. The van der Waals surface area contributed by atoms with E-state index in [1.165, 1.54) is 0 Å². The predicted molar refractivity (Wildman–Crippen MR) is 22.0 cm³/mol. The second-order valence-electron chi connectivity index (χ2n) is 0.141. The molecule has 0 fully saturated rings. The normalized spacial score (nSPS) is 2.40. The van der Waals surface area contributed by atoms with E-state index < -0.39 is 0 Å². The average Bonchev–Trinajstić information content (AvgIpc) is 1.46. The lowest BCUT2D eigenvalue weighted by Crippen LogP contribution is -1.21. The van der Waals surface area contributed by atoms with Gasteiger partial charge >= 0.3 is 0 Å². The van der Waals surface area contributed by atoms with E-state index in [-0.39, 0.29) is 0 Å². The van der Waals surface area contributed by atoms with Crippen LogP contribution in [0.5, 0.6) is 0 Å². The summed E-state index contributed by atoms with van der Waals surface area (Å²) in [5, 5.41) is 0. The SMILES string of the molecule is C=C.C=[N+]=[N-]. The largest absolute Gasteiger partial charge is 0.362 e. The molecule has 0 atom stereocenters. The molecule has 0 aromatic carbocycles.